The van der Waals surface area contributed by atoms with Crippen LogP contribution in [-0.4, -0.2) is 20.9 Å². The van der Waals surface area contributed by atoms with Gasteiger partial charge in [-0.2, -0.15) is 0 Å². The molecule has 0 atom stereocenters. The molecule has 88 valence electrons. The lowest BCUT2D eigenvalue weighted by molar-refractivity contribution is 0.0695. The minimum absolute atomic E-state index is 0.249. The fraction of sp³-hybridized carbons (Fsp3) is 0. The van der Waals surface area contributed by atoms with Gasteiger partial charge in [0.2, 0.25) is 0 Å². The van der Waals surface area contributed by atoms with Gasteiger partial charge in [-0.05, 0) is 18.2 Å². The number of benzene rings is 1. The summed E-state index contributed by atoms with van der Waals surface area (Å²) in [5.41, 5.74) is -0.689. The highest BCUT2D eigenvalue weighted by molar-refractivity contribution is 6.35. The van der Waals surface area contributed by atoms with Crippen molar-refractivity contribution in [2.45, 2.75) is 0 Å². The zero-order chi connectivity index (χ0) is 12.6. The number of aromatic amines is 1. The van der Waals surface area contributed by atoms with Gasteiger partial charge in [0.15, 0.2) is 0 Å². The maximum absolute atomic E-state index is 11.7. The number of H-pyrrole nitrogens is 1. The van der Waals surface area contributed by atoms with E-state index in [1.165, 1.54) is 12.1 Å². The topological polar surface area (TPSA) is 75.1 Å². The van der Waals surface area contributed by atoms with Crippen molar-refractivity contribution in [1.29, 1.82) is 0 Å². The lowest BCUT2D eigenvalue weighted by Gasteiger charge is -2.04. The van der Waals surface area contributed by atoms with Crippen molar-refractivity contribution >= 4 is 29.2 Å². The van der Waals surface area contributed by atoms with Gasteiger partial charge in [-0.25, -0.2) is 9.48 Å². The smallest absolute Gasteiger partial charge is 0.342 e. The van der Waals surface area contributed by atoms with Crippen molar-refractivity contribution < 1.29 is 9.90 Å². The molecule has 1 aromatic carbocycles. The number of hydrogen-bond donors (Lipinski definition) is 2. The Labute approximate surface area is 105 Å². The van der Waals surface area contributed by atoms with Crippen LogP contribution >= 0.6 is 23.2 Å². The summed E-state index contributed by atoms with van der Waals surface area (Å²) < 4.78 is 1.04. The molecular weight excluding hydrogens is 267 g/mol. The van der Waals surface area contributed by atoms with Gasteiger partial charge in [0.25, 0.3) is 5.56 Å². The first-order chi connectivity index (χ1) is 8.00. The van der Waals surface area contributed by atoms with E-state index < -0.39 is 11.5 Å². The Morgan fingerprint density at radius 3 is 2.59 bits per heavy atom. The Morgan fingerprint density at radius 1 is 1.35 bits per heavy atom. The molecule has 1 aromatic heterocycles. The number of nitrogens with zero attached hydrogens (tertiary/aromatic N) is 1. The Kier molecular flexibility index (Phi) is 2.95. The van der Waals surface area contributed by atoms with Crippen LogP contribution in [0.15, 0.2) is 29.2 Å². The van der Waals surface area contributed by atoms with Crippen molar-refractivity contribution in [2.75, 3.05) is 0 Å². The second kappa shape index (κ2) is 4.27. The second-order valence-electron chi connectivity index (χ2n) is 3.23. The molecule has 0 saturated heterocycles. The first-order valence-corrected chi connectivity index (χ1v) is 5.25. The maximum atomic E-state index is 11.7. The van der Waals surface area contributed by atoms with Gasteiger partial charge in [-0.15, -0.1) is 0 Å². The van der Waals surface area contributed by atoms with Crippen LogP contribution < -0.4 is 5.56 Å². The van der Waals surface area contributed by atoms with E-state index in [0.717, 1.165) is 10.9 Å². The summed E-state index contributed by atoms with van der Waals surface area (Å²) in [6.45, 7) is 0. The molecule has 2 rings (SSSR count). The third kappa shape index (κ3) is 2.07. The zero-order valence-electron chi connectivity index (χ0n) is 8.28. The molecule has 0 radical (unpaired) electrons. The van der Waals surface area contributed by atoms with Crippen LogP contribution in [-0.2, 0) is 0 Å². The van der Waals surface area contributed by atoms with Crippen LogP contribution in [0.1, 0.15) is 10.4 Å². The molecule has 0 amide bonds. The fourth-order valence-electron chi connectivity index (χ4n) is 1.36. The number of aromatic carboxylic acids is 1. The predicted molar refractivity (Wildman–Crippen MR) is 63.4 cm³/mol. The highest BCUT2D eigenvalue weighted by atomic mass is 35.5. The summed E-state index contributed by atoms with van der Waals surface area (Å²) in [6.07, 6.45) is 1.11. The maximum Gasteiger partial charge on any atom is 0.342 e. The van der Waals surface area contributed by atoms with Crippen molar-refractivity contribution in [3.63, 3.8) is 0 Å². The number of aromatic nitrogens is 2. The lowest BCUT2D eigenvalue weighted by Crippen LogP contribution is -2.20. The van der Waals surface area contributed by atoms with Gasteiger partial charge >= 0.3 is 5.97 Å². The fourth-order valence-corrected chi connectivity index (χ4v) is 1.86. The van der Waals surface area contributed by atoms with E-state index in [4.69, 9.17) is 28.3 Å². The summed E-state index contributed by atoms with van der Waals surface area (Å²) in [5, 5.41) is 12.0. The number of carbonyl (C=O) groups is 1. The Balaban J connectivity index is 2.62. The Hall–Kier alpha value is -1.72. The standard InChI is InChI=1S/C10H6Cl2N2O3/c11-5-1-2-8(7(12)3-5)14-9(15)6(4-13-14)10(16)17/h1-4,13H,(H,16,17). The second-order valence-corrected chi connectivity index (χ2v) is 4.07. The minimum Gasteiger partial charge on any atom is -0.477 e. The van der Waals surface area contributed by atoms with E-state index in [-0.39, 0.29) is 10.6 Å². The highest BCUT2D eigenvalue weighted by Crippen LogP contribution is 2.22. The van der Waals surface area contributed by atoms with Crippen LogP contribution in [0.4, 0.5) is 0 Å². The largest absolute Gasteiger partial charge is 0.477 e. The van der Waals surface area contributed by atoms with Crippen LogP contribution in [0.5, 0.6) is 0 Å². The minimum atomic E-state index is -1.30. The predicted octanol–water partition coefficient (Wildman–Crippen LogP) is 2.17. The average molecular weight is 273 g/mol. The number of hydrogen-bond acceptors (Lipinski definition) is 2. The molecule has 0 fully saturated rings. The lowest BCUT2D eigenvalue weighted by atomic mass is 10.3. The monoisotopic (exact) mass is 272 g/mol. The molecule has 0 unspecified atom stereocenters. The molecule has 0 aliphatic heterocycles. The van der Waals surface area contributed by atoms with E-state index in [0.29, 0.717) is 10.7 Å². The average Bonchev–Trinajstić information content (AvgIpc) is 2.60. The summed E-state index contributed by atoms with van der Waals surface area (Å²) in [6, 6.07) is 4.54. The highest BCUT2D eigenvalue weighted by Gasteiger charge is 2.15. The van der Waals surface area contributed by atoms with E-state index in [1.807, 2.05) is 0 Å². The van der Waals surface area contributed by atoms with E-state index >= 15 is 0 Å². The normalized spacial score (nSPS) is 10.5. The molecule has 0 aliphatic rings. The van der Waals surface area contributed by atoms with Gasteiger partial charge < -0.3 is 5.11 Å². The quantitative estimate of drug-likeness (QED) is 0.880. The number of carboxylic acids is 1. The van der Waals surface area contributed by atoms with E-state index in [2.05, 4.69) is 5.10 Å². The van der Waals surface area contributed by atoms with Crippen molar-refractivity contribution in [1.82, 2.24) is 9.78 Å². The van der Waals surface area contributed by atoms with Gasteiger partial charge in [-0.3, -0.25) is 9.89 Å². The van der Waals surface area contributed by atoms with Crippen LogP contribution in [0.3, 0.4) is 0 Å². The first kappa shape index (κ1) is 11.8. The summed E-state index contributed by atoms with van der Waals surface area (Å²) in [7, 11) is 0. The molecule has 0 saturated carbocycles. The van der Waals surface area contributed by atoms with Gasteiger partial charge in [-0.1, -0.05) is 23.2 Å². The summed E-state index contributed by atoms with van der Waals surface area (Å²) in [5.74, 6) is -1.30. The molecule has 0 aliphatic carbocycles. The Morgan fingerprint density at radius 2 is 2.06 bits per heavy atom. The number of halogens is 2. The summed E-state index contributed by atoms with van der Waals surface area (Å²) in [4.78, 5) is 22.4. The third-order valence-electron chi connectivity index (χ3n) is 2.15. The molecule has 17 heavy (non-hydrogen) atoms. The molecule has 7 heteroatoms. The van der Waals surface area contributed by atoms with Gasteiger partial charge in [0.05, 0.1) is 10.7 Å². The van der Waals surface area contributed by atoms with Crippen molar-refractivity contribution in [2.24, 2.45) is 0 Å². The number of carboxylic acid groups (broad SMARTS) is 1. The molecule has 2 aromatic rings. The van der Waals surface area contributed by atoms with Crippen LogP contribution in [0, 0.1) is 0 Å². The van der Waals surface area contributed by atoms with Crippen LogP contribution in [0.25, 0.3) is 5.69 Å². The number of nitrogens with one attached hydrogen (secondary N) is 1. The number of rotatable bonds is 2. The van der Waals surface area contributed by atoms with Gasteiger partial charge in [0.1, 0.15) is 5.56 Å². The van der Waals surface area contributed by atoms with Crippen LogP contribution in [0.2, 0.25) is 10.0 Å². The van der Waals surface area contributed by atoms with E-state index in [9.17, 15) is 9.59 Å². The summed E-state index contributed by atoms with van der Waals surface area (Å²) >= 11 is 11.6. The molecule has 1 heterocycles. The van der Waals surface area contributed by atoms with Crippen molar-refractivity contribution in [3.05, 3.63) is 50.4 Å². The van der Waals surface area contributed by atoms with Crippen molar-refractivity contribution in [3.8, 4) is 5.69 Å². The van der Waals surface area contributed by atoms with E-state index in [1.54, 1.807) is 6.07 Å². The van der Waals surface area contributed by atoms with Gasteiger partial charge in [0, 0.05) is 11.2 Å². The first-order valence-electron chi connectivity index (χ1n) is 4.50. The molecule has 5 nitrogen and oxygen atoms in total. The molecule has 0 spiro atoms. The third-order valence-corrected chi connectivity index (χ3v) is 2.69. The molecule has 2 N–H and O–H groups in total. The Bertz CT molecular complexity index is 645. The molecule has 0 bridgehead atoms. The zero-order valence-corrected chi connectivity index (χ0v) is 9.79. The SMILES string of the molecule is O=C(O)c1c[nH]n(-c2ccc(Cl)cc2Cl)c1=O. The molecular formula is C10H6Cl2N2O3.